The number of hydrogen-bond acceptors (Lipinski definition) is 3. The molecule has 2 heterocycles. The molecule has 2 nitrogen and oxygen atoms in total. The highest BCUT2D eigenvalue weighted by Gasteiger charge is 2.33. The lowest BCUT2D eigenvalue weighted by Crippen LogP contribution is -2.39. The number of thioether (sulfide) groups is 1. The molecule has 2 saturated heterocycles. The Morgan fingerprint density at radius 2 is 2.46 bits per heavy atom. The van der Waals surface area contributed by atoms with Gasteiger partial charge in [0.05, 0.1) is 6.61 Å². The van der Waals surface area contributed by atoms with Gasteiger partial charge in [0.25, 0.3) is 0 Å². The van der Waals surface area contributed by atoms with E-state index in [-0.39, 0.29) is 18.1 Å². The average Bonchev–Trinajstić information content (AvgIpc) is 2.62. The Morgan fingerprint density at radius 1 is 1.62 bits per heavy atom. The molecule has 0 amide bonds. The van der Waals surface area contributed by atoms with Crippen molar-refractivity contribution in [2.24, 2.45) is 5.92 Å². The Hall–Kier alpha value is 0.560. The first-order valence-electron chi connectivity index (χ1n) is 4.75. The molecule has 0 aliphatic carbocycles. The maximum Gasteiger partial charge on any atom is 0.116 e. The summed E-state index contributed by atoms with van der Waals surface area (Å²) in [5.74, 6) is 3.56. The smallest absolute Gasteiger partial charge is 0.116 e. The van der Waals surface area contributed by atoms with Gasteiger partial charge in [-0.05, 0) is 37.2 Å². The molecule has 2 aliphatic rings. The third-order valence-electron chi connectivity index (χ3n) is 2.72. The van der Waals surface area contributed by atoms with Crippen LogP contribution in [0.1, 0.15) is 19.8 Å². The lowest BCUT2D eigenvalue weighted by atomic mass is 9.98. The van der Waals surface area contributed by atoms with Crippen molar-refractivity contribution in [3.8, 4) is 0 Å². The maximum absolute atomic E-state index is 5.68. The SMILES string of the molecule is CC1(CC2CCSC2)NCCO1.Cl. The second kappa shape index (κ2) is 4.87. The van der Waals surface area contributed by atoms with Crippen molar-refractivity contribution in [3.05, 3.63) is 0 Å². The van der Waals surface area contributed by atoms with Crippen molar-refractivity contribution in [1.82, 2.24) is 5.32 Å². The molecule has 0 radical (unpaired) electrons. The fourth-order valence-electron chi connectivity index (χ4n) is 2.07. The largest absolute Gasteiger partial charge is 0.360 e. The quantitative estimate of drug-likeness (QED) is 0.773. The van der Waals surface area contributed by atoms with Gasteiger partial charge in [-0.2, -0.15) is 11.8 Å². The van der Waals surface area contributed by atoms with Crippen LogP contribution in [0, 0.1) is 5.92 Å². The fraction of sp³-hybridized carbons (Fsp3) is 1.00. The van der Waals surface area contributed by atoms with E-state index in [1.54, 1.807) is 0 Å². The molecular weight excluding hydrogens is 206 g/mol. The number of hydrogen-bond donors (Lipinski definition) is 1. The van der Waals surface area contributed by atoms with E-state index in [0.29, 0.717) is 0 Å². The average molecular weight is 224 g/mol. The van der Waals surface area contributed by atoms with Crippen molar-refractivity contribution in [3.63, 3.8) is 0 Å². The van der Waals surface area contributed by atoms with Crippen LogP contribution < -0.4 is 5.32 Å². The summed E-state index contributed by atoms with van der Waals surface area (Å²) in [6, 6.07) is 0. The first kappa shape index (κ1) is 11.6. The normalized spacial score (nSPS) is 39.0. The fourth-order valence-corrected chi connectivity index (χ4v) is 3.35. The zero-order chi connectivity index (χ0) is 8.44. The van der Waals surface area contributed by atoms with Crippen LogP contribution in [0.3, 0.4) is 0 Å². The van der Waals surface area contributed by atoms with Crippen molar-refractivity contribution in [2.45, 2.75) is 25.5 Å². The predicted octanol–water partition coefficient (Wildman–Crippen LogP) is 1.89. The van der Waals surface area contributed by atoms with E-state index in [1.165, 1.54) is 24.3 Å². The van der Waals surface area contributed by atoms with E-state index in [4.69, 9.17) is 4.74 Å². The molecule has 2 fully saturated rings. The molecule has 0 aromatic heterocycles. The standard InChI is InChI=1S/C9H17NOS.ClH/c1-9(10-3-4-11-9)6-8-2-5-12-7-8;/h8,10H,2-7H2,1H3;1H. The van der Waals surface area contributed by atoms with Crippen molar-refractivity contribution in [1.29, 1.82) is 0 Å². The van der Waals surface area contributed by atoms with E-state index in [0.717, 1.165) is 19.1 Å². The van der Waals surface area contributed by atoms with Gasteiger partial charge in [0, 0.05) is 6.54 Å². The minimum Gasteiger partial charge on any atom is -0.360 e. The molecule has 4 heteroatoms. The van der Waals surface area contributed by atoms with Gasteiger partial charge in [0.2, 0.25) is 0 Å². The summed E-state index contributed by atoms with van der Waals surface area (Å²) in [6.07, 6.45) is 2.57. The van der Waals surface area contributed by atoms with Crippen LogP contribution in [-0.4, -0.2) is 30.4 Å². The second-order valence-electron chi connectivity index (χ2n) is 3.94. The van der Waals surface area contributed by atoms with Crippen LogP contribution in [-0.2, 0) is 4.74 Å². The van der Waals surface area contributed by atoms with Crippen molar-refractivity contribution >= 4 is 24.2 Å². The van der Waals surface area contributed by atoms with Gasteiger partial charge in [-0.3, -0.25) is 5.32 Å². The van der Waals surface area contributed by atoms with Crippen LogP contribution in [0.5, 0.6) is 0 Å². The van der Waals surface area contributed by atoms with Crippen LogP contribution >= 0.6 is 24.2 Å². The number of ether oxygens (including phenoxy) is 1. The molecule has 0 saturated carbocycles. The van der Waals surface area contributed by atoms with E-state index in [2.05, 4.69) is 24.0 Å². The van der Waals surface area contributed by atoms with E-state index in [1.807, 2.05) is 0 Å². The summed E-state index contributed by atoms with van der Waals surface area (Å²) in [7, 11) is 0. The van der Waals surface area contributed by atoms with Crippen LogP contribution in [0.4, 0.5) is 0 Å². The molecule has 2 aliphatic heterocycles. The molecule has 0 bridgehead atoms. The summed E-state index contributed by atoms with van der Waals surface area (Å²) in [5.41, 5.74) is -0.00440. The number of rotatable bonds is 2. The van der Waals surface area contributed by atoms with Crippen molar-refractivity contribution in [2.75, 3.05) is 24.7 Å². The molecule has 2 unspecified atom stereocenters. The summed E-state index contributed by atoms with van der Waals surface area (Å²) in [4.78, 5) is 0. The zero-order valence-corrected chi connectivity index (χ0v) is 9.68. The minimum absolute atomic E-state index is 0. The van der Waals surface area contributed by atoms with E-state index >= 15 is 0 Å². The predicted molar refractivity (Wildman–Crippen MR) is 59.7 cm³/mol. The highest BCUT2D eigenvalue weighted by Crippen LogP contribution is 2.31. The summed E-state index contributed by atoms with van der Waals surface area (Å²) in [5, 5.41) is 3.43. The van der Waals surface area contributed by atoms with E-state index < -0.39 is 0 Å². The van der Waals surface area contributed by atoms with Gasteiger partial charge in [-0.1, -0.05) is 0 Å². The Labute approximate surface area is 90.6 Å². The highest BCUT2D eigenvalue weighted by atomic mass is 35.5. The number of nitrogens with one attached hydrogen (secondary N) is 1. The molecule has 78 valence electrons. The Bertz CT molecular complexity index is 156. The molecule has 0 aromatic carbocycles. The maximum atomic E-state index is 5.68. The zero-order valence-electron chi connectivity index (χ0n) is 8.04. The van der Waals surface area contributed by atoms with Gasteiger partial charge < -0.3 is 4.74 Å². The Kier molecular flexibility index (Phi) is 4.36. The van der Waals surface area contributed by atoms with Crippen LogP contribution in [0.2, 0.25) is 0 Å². The van der Waals surface area contributed by atoms with Gasteiger partial charge in [-0.25, -0.2) is 0 Å². The molecule has 1 N–H and O–H groups in total. The molecule has 2 atom stereocenters. The van der Waals surface area contributed by atoms with Crippen molar-refractivity contribution < 1.29 is 4.74 Å². The van der Waals surface area contributed by atoms with E-state index in [9.17, 15) is 0 Å². The van der Waals surface area contributed by atoms with Gasteiger partial charge in [0.1, 0.15) is 5.72 Å². The van der Waals surface area contributed by atoms with Gasteiger partial charge in [0.15, 0.2) is 0 Å². The third-order valence-corrected chi connectivity index (χ3v) is 3.96. The summed E-state index contributed by atoms with van der Waals surface area (Å²) >= 11 is 2.08. The lowest BCUT2D eigenvalue weighted by molar-refractivity contribution is -0.0109. The number of halogens is 1. The first-order chi connectivity index (χ1) is 5.79. The van der Waals surface area contributed by atoms with Crippen LogP contribution in [0.25, 0.3) is 0 Å². The Balaban J connectivity index is 0.000000845. The molecule has 0 spiro atoms. The second-order valence-corrected chi connectivity index (χ2v) is 5.09. The molecule has 2 rings (SSSR count). The molecule has 13 heavy (non-hydrogen) atoms. The lowest BCUT2D eigenvalue weighted by Gasteiger charge is -2.26. The monoisotopic (exact) mass is 223 g/mol. The molecule has 0 aromatic rings. The Morgan fingerprint density at radius 3 is 3.00 bits per heavy atom. The summed E-state index contributed by atoms with van der Waals surface area (Å²) < 4.78 is 5.68. The topological polar surface area (TPSA) is 21.3 Å². The van der Waals surface area contributed by atoms with Gasteiger partial charge in [-0.15, -0.1) is 12.4 Å². The van der Waals surface area contributed by atoms with Gasteiger partial charge >= 0.3 is 0 Å². The first-order valence-corrected chi connectivity index (χ1v) is 5.91. The third kappa shape index (κ3) is 3.01. The summed E-state index contributed by atoms with van der Waals surface area (Å²) in [6.45, 7) is 4.09. The molecular formula is C9H18ClNOS. The van der Waals surface area contributed by atoms with Crippen LogP contribution in [0.15, 0.2) is 0 Å². The highest BCUT2D eigenvalue weighted by molar-refractivity contribution is 7.99. The minimum atomic E-state index is -0.00440.